The number of hydrogen-bond acceptors (Lipinski definition) is 2. The number of rotatable bonds is 1. The van der Waals surface area contributed by atoms with Crippen molar-refractivity contribution in [2.45, 2.75) is 32.2 Å². The Morgan fingerprint density at radius 2 is 2.00 bits per heavy atom. The summed E-state index contributed by atoms with van der Waals surface area (Å²) in [6.45, 7) is 7.55. The molecule has 0 aromatic rings. The lowest BCUT2D eigenvalue weighted by atomic mass is 9.94. The minimum Gasteiger partial charge on any atom is -0.316 e. The lowest BCUT2D eigenvalue weighted by Gasteiger charge is -2.36. The van der Waals surface area contributed by atoms with Crippen LogP contribution in [0.25, 0.3) is 0 Å². The lowest BCUT2D eigenvalue weighted by molar-refractivity contribution is 0.148. The van der Waals surface area contributed by atoms with Gasteiger partial charge in [0.2, 0.25) is 0 Å². The summed E-state index contributed by atoms with van der Waals surface area (Å²) in [7, 11) is 0. The molecule has 0 amide bonds. The van der Waals surface area contributed by atoms with E-state index in [-0.39, 0.29) is 0 Å². The number of hydrogen-bond donors (Lipinski definition) is 1. The van der Waals surface area contributed by atoms with Gasteiger partial charge in [0, 0.05) is 6.04 Å². The van der Waals surface area contributed by atoms with Gasteiger partial charge in [0.1, 0.15) is 0 Å². The first kappa shape index (κ1) is 8.52. The SMILES string of the molecule is C[C@H]1CNCC[C@@H]1N1CCCC1. The van der Waals surface area contributed by atoms with Crippen LogP contribution in [0.15, 0.2) is 0 Å². The molecule has 70 valence electrons. The molecule has 2 fully saturated rings. The Bertz CT molecular complexity index is 141. The van der Waals surface area contributed by atoms with Gasteiger partial charge in [-0.3, -0.25) is 0 Å². The van der Waals surface area contributed by atoms with E-state index in [9.17, 15) is 0 Å². The maximum absolute atomic E-state index is 3.46. The highest BCUT2D eigenvalue weighted by molar-refractivity contribution is 4.85. The summed E-state index contributed by atoms with van der Waals surface area (Å²) in [5, 5.41) is 3.46. The predicted molar refractivity (Wildman–Crippen MR) is 51.2 cm³/mol. The van der Waals surface area contributed by atoms with Crippen LogP contribution in [-0.2, 0) is 0 Å². The van der Waals surface area contributed by atoms with Crippen LogP contribution in [0.4, 0.5) is 0 Å². The third kappa shape index (κ3) is 1.64. The summed E-state index contributed by atoms with van der Waals surface area (Å²) in [5.41, 5.74) is 0. The van der Waals surface area contributed by atoms with Gasteiger partial charge in [-0.05, 0) is 51.4 Å². The largest absolute Gasteiger partial charge is 0.316 e. The standard InChI is InChI=1S/C10H20N2/c1-9-8-11-5-4-10(9)12-6-2-3-7-12/h9-11H,2-8H2,1H3/t9-,10-/m0/s1. The number of likely N-dealkylation sites (tertiary alicyclic amines) is 1. The van der Waals surface area contributed by atoms with Crippen LogP contribution in [0.3, 0.4) is 0 Å². The molecule has 2 saturated heterocycles. The zero-order chi connectivity index (χ0) is 8.39. The first-order valence-corrected chi connectivity index (χ1v) is 5.32. The fourth-order valence-corrected chi connectivity index (χ4v) is 2.62. The molecule has 2 rings (SSSR count). The molecule has 0 aromatic heterocycles. The van der Waals surface area contributed by atoms with Crippen molar-refractivity contribution in [1.29, 1.82) is 0 Å². The number of nitrogens with zero attached hydrogens (tertiary/aromatic N) is 1. The van der Waals surface area contributed by atoms with E-state index < -0.39 is 0 Å². The van der Waals surface area contributed by atoms with Crippen molar-refractivity contribution < 1.29 is 0 Å². The molecule has 2 aliphatic rings. The van der Waals surface area contributed by atoms with Crippen molar-refractivity contribution in [3.05, 3.63) is 0 Å². The molecule has 0 aliphatic carbocycles. The third-order valence-corrected chi connectivity index (χ3v) is 3.35. The van der Waals surface area contributed by atoms with E-state index in [1.807, 2.05) is 0 Å². The van der Waals surface area contributed by atoms with Gasteiger partial charge in [-0.1, -0.05) is 6.92 Å². The van der Waals surface area contributed by atoms with E-state index in [0.717, 1.165) is 12.0 Å². The van der Waals surface area contributed by atoms with E-state index in [1.54, 1.807) is 0 Å². The second-order valence-electron chi connectivity index (χ2n) is 4.28. The molecule has 0 radical (unpaired) electrons. The smallest absolute Gasteiger partial charge is 0.0145 e. The molecule has 0 bridgehead atoms. The van der Waals surface area contributed by atoms with E-state index in [0.29, 0.717) is 0 Å². The second kappa shape index (κ2) is 3.75. The quantitative estimate of drug-likeness (QED) is 0.630. The Morgan fingerprint density at radius 3 is 2.67 bits per heavy atom. The van der Waals surface area contributed by atoms with Crippen molar-refractivity contribution in [3.63, 3.8) is 0 Å². The summed E-state index contributed by atoms with van der Waals surface area (Å²) in [6.07, 6.45) is 4.22. The summed E-state index contributed by atoms with van der Waals surface area (Å²) in [4.78, 5) is 2.70. The third-order valence-electron chi connectivity index (χ3n) is 3.35. The van der Waals surface area contributed by atoms with Gasteiger partial charge in [0.05, 0.1) is 0 Å². The normalized spacial score (nSPS) is 38.8. The topological polar surface area (TPSA) is 15.3 Å². The lowest BCUT2D eigenvalue weighted by Crippen LogP contribution is -2.47. The summed E-state index contributed by atoms with van der Waals surface area (Å²) >= 11 is 0. The first-order chi connectivity index (χ1) is 5.88. The summed E-state index contributed by atoms with van der Waals surface area (Å²) < 4.78 is 0. The Kier molecular flexibility index (Phi) is 2.66. The van der Waals surface area contributed by atoms with Gasteiger partial charge in [0.15, 0.2) is 0 Å². The molecular weight excluding hydrogens is 148 g/mol. The molecule has 2 heteroatoms. The fraction of sp³-hybridized carbons (Fsp3) is 1.00. The highest BCUT2D eigenvalue weighted by atomic mass is 15.2. The predicted octanol–water partition coefficient (Wildman–Crippen LogP) is 1.08. The maximum atomic E-state index is 3.46. The Hall–Kier alpha value is -0.0800. The monoisotopic (exact) mass is 168 g/mol. The molecule has 2 atom stereocenters. The van der Waals surface area contributed by atoms with Crippen LogP contribution in [-0.4, -0.2) is 37.1 Å². The van der Waals surface area contributed by atoms with Gasteiger partial charge >= 0.3 is 0 Å². The molecule has 2 heterocycles. The maximum Gasteiger partial charge on any atom is 0.0145 e. The van der Waals surface area contributed by atoms with Crippen molar-refractivity contribution in [2.24, 2.45) is 5.92 Å². The average Bonchev–Trinajstić information content (AvgIpc) is 2.57. The number of piperidine rings is 1. The molecule has 0 aromatic carbocycles. The van der Waals surface area contributed by atoms with Crippen LogP contribution in [0.5, 0.6) is 0 Å². The molecule has 0 unspecified atom stereocenters. The average molecular weight is 168 g/mol. The van der Waals surface area contributed by atoms with Gasteiger partial charge in [0.25, 0.3) is 0 Å². The minimum atomic E-state index is 0.858. The van der Waals surface area contributed by atoms with Gasteiger partial charge in [-0.2, -0.15) is 0 Å². The van der Waals surface area contributed by atoms with Gasteiger partial charge in [-0.15, -0.1) is 0 Å². The summed E-state index contributed by atoms with van der Waals surface area (Å²) in [6, 6.07) is 0.883. The molecule has 0 spiro atoms. The molecule has 1 N–H and O–H groups in total. The van der Waals surface area contributed by atoms with Crippen molar-refractivity contribution in [3.8, 4) is 0 Å². The van der Waals surface area contributed by atoms with Crippen LogP contribution < -0.4 is 5.32 Å². The van der Waals surface area contributed by atoms with Crippen LogP contribution >= 0.6 is 0 Å². The Balaban J connectivity index is 1.91. The van der Waals surface area contributed by atoms with E-state index >= 15 is 0 Å². The second-order valence-corrected chi connectivity index (χ2v) is 4.28. The van der Waals surface area contributed by atoms with Crippen LogP contribution in [0.1, 0.15) is 26.2 Å². The van der Waals surface area contributed by atoms with Gasteiger partial charge in [-0.25, -0.2) is 0 Å². The van der Waals surface area contributed by atoms with E-state index in [2.05, 4.69) is 17.1 Å². The molecule has 0 saturated carbocycles. The van der Waals surface area contributed by atoms with Crippen molar-refractivity contribution in [1.82, 2.24) is 10.2 Å². The Labute approximate surface area is 75.3 Å². The van der Waals surface area contributed by atoms with E-state index in [4.69, 9.17) is 0 Å². The highest BCUT2D eigenvalue weighted by Crippen LogP contribution is 2.21. The van der Waals surface area contributed by atoms with Crippen molar-refractivity contribution in [2.75, 3.05) is 26.2 Å². The van der Waals surface area contributed by atoms with Gasteiger partial charge < -0.3 is 10.2 Å². The zero-order valence-electron chi connectivity index (χ0n) is 8.05. The molecule has 2 aliphatic heterocycles. The van der Waals surface area contributed by atoms with Crippen LogP contribution in [0, 0.1) is 5.92 Å². The van der Waals surface area contributed by atoms with Crippen LogP contribution in [0.2, 0.25) is 0 Å². The fourth-order valence-electron chi connectivity index (χ4n) is 2.62. The van der Waals surface area contributed by atoms with Crippen molar-refractivity contribution >= 4 is 0 Å². The number of nitrogens with one attached hydrogen (secondary N) is 1. The molecule has 2 nitrogen and oxygen atoms in total. The highest BCUT2D eigenvalue weighted by Gasteiger charge is 2.28. The molecule has 12 heavy (non-hydrogen) atoms. The molecular formula is C10H20N2. The minimum absolute atomic E-state index is 0.858. The Morgan fingerprint density at radius 1 is 1.25 bits per heavy atom. The summed E-state index contributed by atoms with van der Waals surface area (Å²) in [5.74, 6) is 0.858. The van der Waals surface area contributed by atoms with E-state index in [1.165, 1.54) is 45.4 Å². The first-order valence-electron chi connectivity index (χ1n) is 5.32. The zero-order valence-corrected chi connectivity index (χ0v) is 8.05.